The minimum absolute atomic E-state index is 0.00428. The van der Waals surface area contributed by atoms with Crippen LogP contribution in [0.2, 0.25) is 0 Å². The summed E-state index contributed by atoms with van der Waals surface area (Å²) in [6.07, 6.45) is -1.51. The van der Waals surface area contributed by atoms with Crippen LogP contribution in [0.4, 0.5) is 21.0 Å². The Kier molecular flexibility index (Phi) is 16.1. The van der Waals surface area contributed by atoms with Gasteiger partial charge in [0.05, 0.1) is 0 Å². The van der Waals surface area contributed by atoms with Gasteiger partial charge in [0.1, 0.15) is 38.4 Å². The summed E-state index contributed by atoms with van der Waals surface area (Å²) in [5, 5.41) is 13.8. The van der Waals surface area contributed by atoms with Crippen LogP contribution in [-0.4, -0.2) is 67.7 Å². The number of ether oxygens (including phenoxy) is 3. The van der Waals surface area contributed by atoms with E-state index in [0.717, 1.165) is 61.2 Å². The second-order valence-electron chi connectivity index (χ2n) is 19.0. The summed E-state index contributed by atoms with van der Waals surface area (Å²) in [5.41, 5.74) is 10.7. The molecule has 390 valence electrons. The van der Waals surface area contributed by atoms with Crippen LogP contribution in [0.3, 0.4) is 0 Å². The highest BCUT2D eigenvalue weighted by Crippen LogP contribution is 2.46. The predicted octanol–water partition coefficient (Wildman–Crippen LogP) is 10.3. The Morgan fingerprint density at radius 1 is 0.410 bits per heavy atom. The van der Waals surface area contributed by atoms with Crippen molar-refractivity contribution in [1.29, 1.82) is 0 Å². The first-order chi connectivity index (χ1) is 38.1. The van der Waals surface area contributed by atoms with Gasteiger partial charge in [-0.15, -0.1) is 0 Å². The minimum Gasteiger partial charge on any atom is -0.460 e. The zero-order valence-corrected chi connectivity index (χ0v) is 42.4. The molecule has 0 saturated heterocycles. The average molecular weight is 1040 g/mol. The third-order valence-electron chi connectivity index (χ3n) is 13.8. The lowest BCUT2D eigenvalue weighted by Crippen LogP contribution is -2.46. The van der Waals surface area contributed by atoms with E-state index in [1.165, 1.54) is 18.2 Å². The summed E-state index contributed by atoms with van der Waals surface area (Å²) in [6.45, 7) is -0.464. The fraction of sp³-hybridized carbons (Fsp3) is 0.156. The molecule has 0 fully saturated rings. The molecule has 14 heteroatoms. The number of amides is 5. The van der Waals surface area contributed by atoms with Gasteiger partial charge in [-0.1, -0.05) is 188 Å². The Morgan fingerprint density at radius 2 is 0.769 bits per heavy atom. The smallest absolute Gasteiger partial charge is 0.407 e. The van der Waals surface area contributed by atoms with E-state index in [1.807, 2.05) is 176 Å². The van der Waals surface area contributed by atoms with Gasteiger partial charge in [-0.2, -0.15) is 0 Å². The second-order valence-corrected chi connectivity index (χ2v) is 19.0. The number of alkyl carbamates (subject to hydrolysis) is 2. The van der Waals surface area contributed by atoms with Crippen molar-refractivity contribution in [3.05, 3.63) is 251 Å². The van der Waals surface area contributed by atoms with Crippen molar-refractivity contribution in [1.82, 2.24) is 16.0 Å². The fourth-order valence-electron chi connectivity index (χ4n) is 10.1. The van der Waals surface area contributed by atoms with Gasteiger partial charge in [0.2, 0.25) is 11.8 Å². The number of hydrogen-bond donors (Lipinski definition) is 5. The Hall–Kier alpha value is -9.82. The fourth-order valence-corrected chi connectivity index (χ4v) is 10.1. The van der Waals surface area contributed by atoms with E-state index in [1.54, 1.807) is 12.1 Å². The number of fused-ring (bicyclic) bond motifs is 6. The SMILES string of the molecule is O=C(CNC(=O)c1cc(NC(=O)[C@H](Cc2ccccc2)NC(=O)OCC2c3ccccc3-c3ccccc32)cc(NC(=O)[C@H](Cc2ccccc2)NC(=O)OCC2c3ccccc3-c3ccccc32)c1)OCc1ccccc1. The molecular weight excluding hydrogens is 983 g/mol. The zero-order valence-electron chi connectivity index (χ0n) is 42.4. The van der Waals surface area contributed by atoms with Gasteiger partial charge in [0.15, 0.2) is 0 Å². The van der Waals surface area contributed by atoms with E-state index < -0.39 is 54.5 Å². The molecule has 0 aromatic heterocycles. The highest BCUT2D eigenvalue weighted by atomic mass is 16.6. The number of benzene rings is 8. The first kappa shape index (κ1) is 51.7. The third-order valence-corrected chi connectivity index (χ3v) is 13.8. The van der Waals surface area contributed by atoms with Gasteiger partial charge in [0, 0.05) is 41.6 Å². The Balaban J connectivity index is 0.876. The molecule has 14 nitrogen and oxygen atoms in total. The predicted molar refractivity (Wildman–Crippen MR) is 297 cm³/mol. The molecule has 0 saturated carbocycles. The van der Waals surface area contributed by atoms with E-state index in [4.69, 9.17) is 14.2 Å². The van der Waals surface area contributed by atoms with Crippen molar-refractivity contribution >= 4 is 47.3 Å². The summed E-state index contributed by atoms with van der Waals surface area (Å²) in [4.78, 5) is 83.2. The molecule has 5 N–H and O–H groups in total. The molecule has 0 spiro atoms. The maximum absolute atomic E-state index is 14.5. The molecule has 0 radical (unpaired) electrons. The van der Waals surface area contributed by atoms with Crippen LogP contribution in [0.5, 0.6) is 0 Å². The number of rotatable bonds is 19. The molecule has 8 aromatic rings. The lowest BCUT2D eigenvalue weighted by atomic mass is 9.98. The van der Waals surface area contributed by atoms with Crippen LogP contribution in [0.25, 0.3) is 22.3 Å². The molecule has 10 rings (SSSR count). The largest absolute Gasteiger partial charge is 0.460 e. The van der Waals surface area contributed by atoms with Gasteiger partial charge in [-0.05, 0) is 79.4 Å². The molecule has 0 bridgehead atoms. The zero-order chi connectivity index (χ0) is 53.8. The molecule has 78 heavy (non-hydrogen) atoms. The van der Waals surface area contributed by atoms with Crippen LogP contribution < -0.4 is 26.6 Å². The van der Waals surface area contributed by atoms with Crippen LogP contribution >= 0.6 is 0 Å². The lowest BCUT2D eigenvalue weighted by Gasteiger charge is -2.21. The Bertz CT molecular complexity index is 3200. The van der Waals surface area contributed by atoms with Crippen LogP contribution in [0, 0.1) is 0 Å². The summed E-state index contributed by atoms with van der Waals surface area (Å²) in [6, 6.07) is 61.0. The van der Waals surface area contributed by atoms with E-state index in [2.05, 4.69) is 26.6 Å². The maximum atomic E-state index is 14.5. The molecule has 8 aromatic carbocycles. The quantitative estimate of drug-likeness (QED) is 0.0388. The lowest BCUT2D eigenvalue weighted by molar-refractivity contribution is -0.143. The Morgan fingerprint density at radius 3 is 1.17 bits per heavy atom. The molecule has 5 amide bonds. The minimum atomic E-state index is -1.19. The Labute approximate surface area is 451 Å². The van der Waals surface area contributed by atoms with E-state index in [9.17, 15) is 28.8 Å². The number of hydrogen-bond acceptors (Lipinski definition) is 9. The van der Waals surface area contributed by atoms with E-state index in [0.29, 0.717) is 0 Å². The number of anilines is 2. The van der Waals surface area contributed by atoms with Crippen LogP contribution in [0.15, 0.2) is 206 Å². The van der Waals surface area contributed by atoms with Crippen LogP contribution in [0.1, 0.15) is 61.1 Å². The topological polar surface area (TPSA) is 190 Å². The molecule has 0 unspecified atom stereocenters. The van der Waals surface area contributed by atoms with Crippen molar-refractivity contribution in [2.45, 2.75) is 43.4 Å². The first-order valence-corrected chi connectivity index (χ1v) is 25.7. The van der Waals surface area contributed by atoms with Gasteiger partial charge < -0.3 is 40.8 Å². The molecule has 0 aliphatic heterocycles. The normalized spacial score (nSPS) is 12.8. The van der Waals surface area contributed by atoms with E-state index in [-0.39, 0.29) is 61.4 Å². The van der Waals surface area contributed by atoms with E-state index >= 15 is 0 Å². The number of nitrogens with one attached hydrogen (secondary N) is 5. The first-order valence-electron chi connectivity index (χ1n) is 25.7. The molecule has 0 heterocycles. The monoisotopic (exact) mass is 1040 g/mol. The van der Waals surface area contributed by atoms with Gasteiger partial charge >= 0.3 is 18.2 Å². The highest BCUT2D eigenvalue weighted by molar-refractivity contribution is 6.03. The summed E-state index contributed by atoms with van der Waals surface area (Å²) >= 11 is 0. The van der Waals surface area contributed by atoms with Gasteiger partial charge in [-0.25, -0.2) is 9.59 Å². The van der Waals surface area contributed by atoms with Gasteiger partial charge in [-0.3, -0.25) is 19.2 Å². The van der Waals surface area contributed by atoms with Crippen molar-refractivity contribution < 1.29 is 43.0 Å². The summed E-state index contributed by atoms with van der Waals surface area (Å²) < 4.78 is 17.1. The molecule has 2 atom stereocenters. The molecular formula is C64H55N5O9. The third kappa shape index (κ3) is 12.5. The summed E-state index contributed by atoms with van der Waals surface area (Å²) in [5.74, 6) is -3.20. The maximum Gasteiger partial charge on any atom is 0.407 e. The molecule has 2 aliphatic rings. The van der Waals surface area contributed by atoms with Crippen molar-refractivity contribution in [3.8, 4) is 22.3 Å². The van der Waals surface area contributed by atoms with Crippen LogP contribution in [-0.2, 0) is 48.0 Å². The second kappa shape index (κ2) is 24.2. The van der Waals surface area contributed by atoms with Gasteiger partial charge in [0.25, 0.3) is 5.91 Å². The average Bonchev–Trinajstić information content (AvgIpc) is 4.10. The van der Waals surface area contributed by atoms with Crippen molar-refractivity contribution in [2.75, 3.05) is 30.4 Å². The standard InChI is InChI=1S/C64H55N5O9/c70-59(76-38-43-22-8-3-9-23-43)37-65-60(71)44-34-45(66-61(72)57(32-41-18-4-1-5-19-41)68-63(74)77-39-55-51-28-14-10-24-47(51)48-25-11-15-29-52(48)55)36-46(35-44)67-62(73)58(33-42-20-6-2-7-21-42)69-64(75)78-40-56-53-30-16-12-26-49(53)50-27-13-17-31-54(50)56/h1-31,34-36,55-58H,32-33,37-40H2,(H,65,71)(H,66,72)(H,67,73)(H,68,74)(H,69,75)/t57-,58-/m0/s1. The summed E-state index contributed by atoms with van der Waals surface area (Å²) in [7, 11) is 0. The van der Waals surface area contributed by atoms with Crippen molar-refractivity contribution in [3.63, 3.8) is 0 Å². The number of carbonyl (C=O) groups excluding carboxylic acids is 6. The molecule has 2 aliphatic carbocycles. The number of esters is 1. The highest BCUT2D eigenvalue weighted by Gasteiger charge is 2.32. The number of carbonyl (C=O) groups is 6. The van der Waals surface area contributed by atoms with Crippen molar-refractivity contribution in [2.24, 2.45) is 0 Å².